The first-order chi connectivity index (χ1) is 9.70. The molecule has 2 aromatic rings. The predicted molar refractivity (Wildman–Crippen MR) is 84.5 cm³/mol. The summed E-state index contributed by atoms with van der Waals surface area (Å²) in [6.45, 7) is 3.23. The van der Waals surface area contributed by atoms with Gasteiger partial charge in [-0.25, -0.2) is 0 Å². The zero-order chi connectivity index (χ0) is 14.1. The number of rotatable bonds is 4. The summed E-state index contributed by atoms with van der Waals surface area (Å²) in [7, 11) is 2.03. The maximum absolute atomic E-state index is 5.54. The summed E-state index contributed by atoms with van der Waals surface area (Å²) in [5.41, 5.74) is 3.47. The maximum Gasteiger partial charge on any atom is 0.179 e. The highest BCUT2D eigenvalue weighted by molar-refractivity contribution is 7.71. The number of H-pyrrole nitrogens is 1. The fraction of sp³-hybridized carbons (Fsp3) is 0.733. The Hall–Kier alpha value is -1.10. The van der Waals surface area contributed by atoms with Crippen molar-refractivity contribution in [1.82, 2.24) is 19.3 Å². The molecule has 20 heavy (non-hydrogen) atoms. The Morgan fingerprint density at radius 1 is 1.30 bits per heavy atom. The lowest BCUT2D eigenvalue weighted by atomic mass is 9.89. The number of nitrogens with zero attached hydrogens (tertiary/aromatic N) is 3. The monoisotopic (exact) mass is 292 g/mol. The first kappa shape index (κ1) is 13.9. The van der Waals surface area contributed by atoms with Crippen molar-refractivity contribution >= 4 is 23.4 Å². The zero-order valence-electron chi connectivity index (χ0n) is 12.5. The molecule has 1 aliphatic rings. The van der Waals surface area contributed by atoms with Gasteiger partial charge in [-0.2, -0.15) is 5.10 Å². The van der Waals surface area contributed by atoms with Crippen molar-refractivity contribution in [2.75, 3.05) is 0 Å². The van der Waals surface area contributed by atoms with Crippen LogP contribution < -0.4 is 0 Å². The fourth-order valence-corrected chi connectivity index (χ4v) is 3.75. The Morgan fingerprint density at radius 3 is 2.75 bits per heavy atom. The van der Waals surface area contributed by atoms with E-state index in [1.807, 2.05) is 11.7 Å². The molecule has 5 heteroatoms. The van der Waals surface area contributed by atoms with Crippen molar-refractivity contribution in [3.63, 3.8) is 0 Å². The van der Waals surface area contributed by atoms with Crippen molar-refractivity contribution in [2.24, 2.45) is 13.0 Å². The molecule has 1 saturated carbocycles. The fourth-order valence-electron chi connectivity index (χ4n) is 3.49. The molecule has 0 unspecified atom stereocenters. The van der Waals surface area contributed by atoms with Gasteiger partial charge < -0.3 is 9.55 Å². The Labute approximate surface area is 125 Å². The molecule has 0 radical (unpaired) electrons. The highest BCUT2D eigenvalue weighted by Gasteiger charge is 2.19. The first-order valence-electron chi connectivity index (χ1n) is 7.85. The van der Waals surface area contributed by atoms with Crippen LogP contribution in [0, 0.1) is 10.7 Å². The second-order valence-corrected chi connectivity index (χ2v) is 6.45. The van der Waals surface area contributed by atoms with Crippen LogP contribution in [0.15, 0.2) is 0 Å². The van der Waals surface area contributed by atoms with Crippen LogP contribution in [0.1, 0.15) is 51.1 Å². The average molecular weight is 292 g/mol. The highest BCUT2D eigenvalue weighted by atomic mass is 32.1. The molecule has 110 valence electrons. The van der Waals surface area contributed by atoms with Crippen molar-refractivity contribution in [3.05, 3.63) is 10.5 Å². The van der Waals surface area contributed by atoms with Crippen LogP contribution in [-0.2, 0) is 20.0 Å². The van der Waals surface area contributed by atoms with Gasteiger partial charge in [0.05, 0.1) is 5.69 Å². The summed E-state index contributed by atoms with van der Waals surface area (Å²) in [5.74, 6) is 0.777. The van der Waals surface area contributed by atoms with E-state index in [1.54, 1.807) is 0 Å². The number of nitrogens with one attached hydrogen (secondary N) is 1. The van der Waals surface area contributed by atoms with E-state index in [-0.39, 0.29) is 0 Å². The Morgan fingerprint density at radius 2 is 2.05 bits per heavy atom. The van der Waals surface area contributed by atoms with Gasteiger partial charge >= 0.3 is 0 Å². The van der Waals surface area contributed by atoms with E-state index in [0.29, 0.717) is 0 Å². The molecule has 0 aliphatic heterocycles. The quantitative estimate of drug-likeness (QED) is 0.866. The average Bonchev–Trinajstić information content (AvgIpc) is 2.91. The van der Waals surface area contributed by atoms with E-state index in [9.17, 15) is 0 Å². The van der Waals surface area contributed by atoms with Crippen molar-refractivity contribution < 1.29 is 0 Å². The maximum atomic E-state index is 5.54. The predicted octanol–water partition coefficient (Wildman–Crippen LogP) is 3.97. The van der Waals surface area contributed by atoms with Crippen LogP contribution in [-0.4, -0.2) is 19.3 Å². The lowest BCUT2D eigenvalue weighted by Crippen LogP contribution is -2.15. The first-order valence-corrected chi connectivity index (χ1v) is 8.26. The number of aromatic nitrogens is 4. The molecule has 0 saturated heterocycles. The Balaban J connectivity index is 1.97. The standard InChI is InChI=1S/C15H24N4S/c1-3-7-12-13-14(18(2)17-12)19(15(20)16-13)10-11-8-5-4-6-9-11/h11H,3-10H2,1-2H3,(H,16,20). The molecule has 3 rings (SSSR count). The largest absolute Gasteiger partial charge is 0.328 e. The molecule has 1 N–H and O–H groups in total. The second kappa shape index (κ2) is 5.72. The van der Waals surface area contributed by atoms with Gasteiger partial charge in [0, 0.05) is 13.6 Å². The van der Waals surface area contributed by atoms with E-state index in [4.69, 9.17) is 12.2 Å². The molecule has 2 aromatic heterocycles. The number of aromatic amines is 1. The van der Waals surface area contributed by atoms with Gasteiger partial charge in [0.1, 0.15) is 5.52 Å². The SMILES string of the molecule is CCCc1nn(C)c2c1[nH]c(=S)n2CC1CCCCC1. The number of aryl methyl sites for hydroxylation is 2. The van der Waals surface area contributed by atoms with E-state index in [0.717, 1.165) is 41.3 Å². The number of imidazole rings is 1. The van der Waals surface area contributed by atoms with Crippen LogP contribution in [0.25, 0.3) is 11.2 Å². The molecular weight excluding hydrogens is 268 g/mol. The van der Waals surface area contributed by atoms with Gasteiger partial charge in [-0.3, -0.25) is 4.68 Å². The summed E-state index contributed by atoms with van der Waals surface area (Å²) in [4.78, 5) is 3.39. The Kier molecular flexibility index (Phi) is 3.96. The van der Waals surface area contributed by atoms with E-state index in [2.05, 4.69) is 21.6 Å². The molecule has 1 fully saturated rings. The molecule has 0 spiro atoms. The van der Waals surface area contributed by atoms with Crippen molar-refractivity contribution in [2.45, 2.75) is 58.4 Å². The molecule has 0 atom stereocenters. The molecule has 0 amide bonds. The van der Waals surface area contributed by atoms with Gasteiger partial charge in [-0.1, -0.05) is 32.6 Å². The number of hydrogen-bond donors (Lipinski definition) is 1. The lowest BCUT2D eigenvalue weighted by Gasteiger charge is -2.22. The van der Waals surface area contributed by atoms with Gasteiger partial charge in [-0.15, -0.1) is 0 Å². The van der Waals surface area contributed by atoms with Crippen LogP contribution in [0.4, 0.5) is 0 Å². The molecule has 0 aromatic carbocycles. The third-order valence-electron chi connectivity index (χ3n) is 4.47. The minimum atomic E-state index is 0.777. The number of fused-ring (bicyclic) bond motifs is 1. The van der Waals surface area contributed by atoms with Crippen LogP contribution in [0.2, 0.25) is 0 Å². The van der Waals surface area contributed by atoms with E-state index in [1.165, 1.54) is 37.8 Å². The van der Waals surface area contributed by atoms with Gasteiger partial charge in [0.25, 0.3) is 0 Å². The summed E-state index contributed by atoms with van der Waals surface area (Å²) in [6, 6.07) is 0. The molecular formula is C15H24N4S. The highest BCUT2D eigenvalue weighted by Crippen LogP contribution is 2.27. The third kappa shape index (κ3) is 2.43. The molecule has 2 heterocycles. The number of hydrogen-bond acceptors (Lipinski definition) is 2. The summed E-state index contributed by atoms with van der Waals surface area (Å²) >= 11 is 5.54. The summed E-state index contributed by atoms with van der Waals surface area (Å²) in [6.07, 6.45) is 8.95. The lowest BCUT2D eigenvalue weighted by molar-refractivity contribution is 0.319. The van der Waals surface area contributed by atoms with E-state index >= 15 is 0 Å². The summed E-state index contributed by atoms with van der Waals surface area (Å²) < 4.78 is 5.12. The van der Waals surface area contributed by atoms with Crippen molar-refractivity contribution in [1.29, 1.82) is 0 Å². The summed E-state index contributed by atoms with van der Waals surface area (Å²) in [5, 5.41) is 4.65. The van der Waals surface area contributed by atoms with Crippen LogP contribution >= 0.6 is 12.2 Å². The minimum Gasteiger partial charge on any atom is -0.328 e. The third-order valence-corrected chi connectivity index (χ3v) is 4.80. The molecule has 4 nitrogen and oxygen atoms in total. The van der Waals surface area contributed by atoms with Crippen LogP contribution in [0.5, 0.6) is 0 Å². The van der Waals surface area contributed by atoms with E-state index < -0.39 is 0 Å². The van der Waals surface area contributed by atoms with Gasteiger partial charge in [0.15, 0.2) is 10.4 Å². The Bertz CT molecular complexity index is 643. The second-order valence-electron chi connectivity index (χ2n) is 6.06. The minimum absolute atomic E-state index is 0.777. The molecule has 0 bridgehead atoms. The van der Waals surface area contributed by atoms with Crippen molar-refractivity contribution in [3.8, 4) is 0 Å². The molecule has 1 aliphatic carbocycles. The normalized spacial score (nSPS) is 17.1. The zero-order valence-corrected chi connectivity index (χ0v) is 13.3. The van der Waals surface area contributed by atoms with Gasteiger partial charge in [0.2, 0.25) is 0 Å². The van der Waals surface area contributed by atoms with Crippen LogP contribution in [0.3, 0.4) is 0 Å². The topological polar surface area (TPSA) is 38.5 Å². The van der Waals surface area contributed by atoms with Gasteiger partial charge in [-0.05, 0) is 37.4 Å². The smallest absolute Gasteiger partial charge is 0.179 e.